The first kappa shape index (κ1) is 15.4. The molecule has 0 aliphatic heterocycles. The number of nitrogens with zero attached hydrogens (tertiary/aromatic N) is 1. The Kier molecular flexibility index (Phi) is 5.14. The molecule has 1 atom stereocenters. The van der Waals surface area contributed by atoms with Gasteiger partial charge in [-0.1, -0.05) is 66.0 Å². The molecule has 0 radical (unpaired) electrons. The second-order valence-corrected chi connectivity index (χ2v) is 6.70. The molecule has 2 aromatic rings. The Bertz CT molecular complexity index is 707. The first-order valence-electron chi connectivity index (χ1n) is 5.68. The summed E-state index contributed by atoms with van der Waals surface area (Å²) in [4.78, 5) is 12.6. The molecule has 0 bridgehead atoms. The molecule has 0 heterocycles. The van der Waals surface area contributed by atoms with Crippen LogP contribution in [-0.4, -0.2) is 5.78 Å². The third-order valence-electron chi connectivity index (χ3n) is 2.80. The number of carbonyl (C=O) groups is 1. The highest BCUT2D eigenvalue weighted by Crippen LogP contribution is 2.31. The summed E-state index contributed by atoms with van der Waals surface area (Å²) >= 11 is 10.1. The molecule has 0 saturated heterocycles. The zero-order chi connectivity index (χ0) is 14.7. The SMILES string of the molecule is N#CC(C(=O)c1cc(Br)ccc1Br)c1ccccc1Br. The summed E-state index contributed by atoms with van der Waals surface area (Å²) in [6, 6.07) is 14.7. The van der Waals surface area contributed by atoms with Gasteiger partial charge in [-0.05, 0) is 29.8 Å². The van der Waals surface area contributed by atoms with Crippen molar-refractivity contribution in [1.29, 1.82) is 5.26 Å². The molecular formula is C15H8Br3NO. The van der Waals surface area contributed by atoms with Gasteiger partial charge in [-0.15, -0.1) is 0 Å². The van der Waals surface area contributed by atoms with Crippen molar-refractivity contribution in [3.05, 3.63) is 67.0 Å². The molecule has 2 aromatic carbocycles. The van der Waals surface area contributed by atoms with Crippen LogP contribution in [0.1, 0.15) is 21.8 Å². The van der Waals surface area contributed by atoms with Gasteiger partial charge >= 0.3 is 0 Å². The van der Waals surface area contributed by atoms with E-state index in [4.69, 9.17) is 0 Å². The van der Waals surface area contributed by atoms with Crippen molar-refractivity contribution in [3.8, 4) is 6.07 Å². The summed E-state index contributed by atoms with van der Waals surface area (Å²) in [6.07, 6.45) is 0. The molecule has 2 rings (SSSR count). The maximum absolute atomic E-state index is 12.6. The summed E-state index contributed by atoms with van der Waals surface area (Å²) in [7, 11) is 0. The smallest absolute Gasteiger partial charge is 0.185 e. The van der Waals surface area contributed by atoms with Crippen molar-refractivity contribution >= 4 is 53.6 Å². The predicted octanol–water partition coefficient (Wildman–Crippen LogP) is 5.46. The molecule has 0 aromatic heterocycles. The fourth-order valence-corrected chi connectivity index (χ4v) is 3.14. The second kappa shape index (κ2) is 6.66. The lowest BCUT2D eigenvalue weighted by atomic mass is 9.92. The Labute approximate surface area is 142 Å². The average molecular weight is 458 g/mol. The van der Waals surface area contributed by atoms with Crippen LogP contribution >= 0.6 is 47.8 Å². The van der Waals surface area contributed by atoms with Crippen molar-refractivity contribution < 1.29 is 4.79 Å². The van der Waals surface area contributed by atoms with E-state index in [1.807, 2.05) is 24.3 Å². The van der Waals surface area contributed by atoms with E-state index in [-0.39, 0.29) is 5.78 Å². The Hall–Kier alpha value is -0.960. The van der Waals surface area contributed by atoms with Crippen molar-refractivity contribution in [3.63, 3.8) is 0 Å². The summed E-state index contributed by atoms with van der Waals surface area (Å²) < 4.78 is 2.23. The third kappa shape index (κ3) is 3.20. The minimum Gasteiger partial charge on any atom is -0.292 e. The first-order chi connectivity index (χ1) is 9.54. The minimum absolute atomic E-state index is 0.229. The minimum atomic E-state index is -0.837. The highest BCUT2D eigenvalue weighted by molar-refractivity contribution is 9.11. The standard InChI is InChI=1S/C15H8Br3NO/c16-9-5-6-14(18)11(7-9)15(20)12(8-19)10-3-1-2-4-13(10)17/h1-7,12H. The number of ketones is 1. The van der Waals surface area contributed by atoms with Crippen molar-refractivity contribution in [2.75, 3.05) is 0 Å². The van der Waals surface area contributed by atoms with Gasteiger partial charge in [-0.2, -0.15) is 5.26 Å². The van der Waals surface area contributed by atoms with Crippen LogP contribution in [0.3, 0.4) is 0 Å². The van der Waals surface area contributed by atoms with E-state index in [1.54, 1.807) is 18.2 Å². The molecule has 2 nitrogen and oxygen atoms in total. The van der Waals surface area contributed by atoms with Crippen LogP contribution in [0.2, 0.25) is 0 Å². The topological polar surface area (TPSA) is 40.9 Å². The van der Waals surface area contributed by atoms with E-state index >= 15 is 0 Å². The molecule has 0 N–H and O–H groups in total. The van der Waals surface area contributed by atoms with E-state index in [0.717, 1.165) is 8.95 Å². The number of Topliss-reactive ketones (excluding diaryl/α,β-unsaturated/α-hetero) is 1. The van der Waals surface area contributed by atoms with Gasteiger partial charge in [0.25, 0.3) is 0 Å². The van der Waals surface area contributed by atoms with Crippen LogP contribution in [0.25, 0.3) is 0 Å². The number of hydrogen-bond donors (Lipinski definition) is 0. The summed E-state index contributed by atoms with van der Waals surface area (Å²) in [5.41, 5.74) is 1.16. The van der Waals surface area contributed by atoms with Gasteiger partial charge in [-0.3, -0.25) is 4.79 Å². The van der Waals surface area contributed by atoms with E-state index in [2.05, 4.69) is 53.9 Å². The van der Waals surface area contributed by atoms with Gasteiger partial charge in [0.05, 0.1) is 6.07 Å². The van der Waals surface area contributed by atoms with Gasteiger partial charge in [0.15, 0.2) is 5.78 Å². The number of nitriles is 1. The molecule has 0 amide bonds. The number of benzene rings is 2. The Morgan fingerprint density at radius 1 is 1.05 bits per heavy atom. The molecule has 0 aliphatic carbocycles. The highest BCUT2D eigenvalue weighted by Gasteiger charge is 2.25. The average Bonchev–Trinajstić information content (AvgIpc) is 2.44. The van der Waals surface area contributed by atoms with Crippen LogP contribution in [-0.2, 0) is 0 Å². The van der Waals surface area contributed by atoms with Crippen LogP contribution in [0, 0.1) is 11.3 Å². The quantitative estimate of drug-likeness (QED) is 0.574. The zero-order valence-electron chi connectivity index (χ0n) is 10.1. The second-order valence-electron chi connectivity index (χ2n) is 4.07. The normalized spacial score (nSPS) is 11.7. The summed E-state index contributed by atoms with van der Waals surface area (Å²) in [5.74, 6) is -1.07. The van der Waals surface area contributed by atoms with Crippen molar-refractivity contribution in [1.82, 2.24) is 0 Å². The lowest BCUT2D eigenvalue weighted by molar-refractivity contribution is 0.0978. The van der Waals surface area contributed by atoms with Gasteiger partial charge in [0.1, 0.15) is 5.92 Å². The van der Waals surface area contributed by atoms with E-state index in [1.165, 1.54) is 0 Å². The van der Waals surface area contributed by atoms with Crippen molar-refractivity contribution in [2.45, 2.75) is 5.92 Å². The van der Waals surface area contributed by atoms with Gasteiger partial charge < -0.3 is 0 Å². The molecule has 0 fully saturated rings. The lowest BCUT2D eigenvalue weighted by Crippen LogP contribution is -2.12. The van der Waals surface area contributed by atoms with Gasteiger partial charge in [-0.25, -0.2) is 0 Å². The number of carbonyl (C=O) groups excluding carboxylic acids is 1. The number of rotatable bonds is 3. The van der Waals surface area contributed by atoms with Gasteiger partial charge in [0.2, 0.25) is 0 Å². The summed E-state index contributed by atoms with van der Waals surface area (Å²) in [6.45, 7) is 0. The number of hydrogen-bond acceptors (Lipinski definition) is 2. The first-order valence-corrected chi connectivity index (χ1v) is 8.06. The Morgan fingerprint density at radius 2 is 1.75 bits per heavy atom. The molecule has 0 aliphatic rings. The summed E-state index contributed by atoms with van der Waals surface area (Å²) in [5, 5.41) is 9.38. The Morgan fingerprint density at radius 3 is 2.40 bits per heavy atom. The monoisotopic (exact) mass is 455 g/mol. The van der Waals surface area contributed by atoms with Crippen molar-refractivity contribution in [2.24, 2.45) is 0 Å². The van der Waals surface area contributed by atoms with E-state index in [9.17, 15) is 10.1 Å². The van der Waals surface area contributed by atoms with E-state index in [0.29, 0.717) is 15.6 Å². The van der Waals surface area contributed by atoms with Crippen LogP contribution in [0.4, 0.5) is 0 Å². The third-order valence-corrected chi connectivity index (χ3v) is 4.71. The molecular weight excluding hydrogens is 450 g/mol. The Balaban J connectivity index is 2.48. The molecule has 5 heteroatoms. The molecule has 0 spiro atoms. The largest absolute Gasteiger partial charge is 0.292 e. The van der Waals surface area contributed by atoms with Gasteiger partial charge in [0, 0.05) is 19.0 Å². The maximum Gasteiger partial charge on any atom is 0.185 e. The fraction of sp³-hybridized carbons (Fsp3) is 0.0667. The van der Waals surface area contributed by atoms with Crippen LogP contribution in [0.5, 0.6) is 0 Å². The highest BCUT2D eigenvalue weighted by atomic mass is 79.9. The lowest BCUT2D eigenvalue weighted by Gasteiger charge is -2.12. The molecule has 1 unspecified atom stereocenters. The molecule has 0 saturated carbocycles. The predicted molar refractivity (Wildman–Crippen MR) is 88.7 cm³/mol. The number of halogens is 3. The fourth-order valence-electron chi connectivity index (χ4n) is 1.82. The zero-order valence-corrected chi connectivity index (χ0v) is 14.9. The maximum atomic E-state index is 12.6. The van der Waals surface area contributed by atoms with Crippen LogP contribution < -0.4 is 0 Å². The van der Waals surface area contributed by atoms with Crippen LogP contribution in [0.15, 0.2) is 55.9 Å². The molecule has 20 heavy (non-hydrogen) atoms. The van der Waals surface area contributed by atoms with E-state index < -0.39 is 5.92 Å². The molecule has 100 valence electrons.